The summed E-state index contributed by atoms with van der Waals surface area (Å²) in [4.78, 5) is 6.47. The lowest BCUT2D eigenvalue weighted by atomic mass is 10.1. The third-order valence-electron chi connectivity index (χ3n) is 4.79. The fourth-order valence-electron chi connectivity index (χ4n) is 3.27. The first-order chi connectivity index (χ1) is 14.0. The zero-order valence-electron chi connectivity index (χ0n) is 18.3. The van der Waals surface area contributed by atoms with E-state index in [1.54, 1.807) is 7.05 Å². The summed E-state index contributed by atoms with van der Waals surface area (Å²) in [6.07, 6.45) is 0. The number of nitrogens with one attached hydrogen (secondary N) is 2. The second-order valence-corrected chi connectivity index (χ2v) is 7.31. The van der Waals surface area contributed by atoms with Crippen molar-refractivity contribution in [2.75, 3.05) is 26.0 Å². The van der Waals surface area contributed by atoms with Crippen LogP contribution in [0.2, 0.25) is 0 Å². The Morgan fingerprint density at radius 3 is 2.40 bits per heavy atom. The van der Waals surface area contributed by atoms with Gasteiger partial charge in [-0.1, -0.05) is 30.3 Å². The zero-order valence-corrected chi connectivity index (χ0v) is 20.6. The summed E-state index contributed by atoms with van der Waals surface area (Å²) >= 11 is 0. The van der Waals surface area contributed by atoms with Gasteiger partial charge in [0.15, 0.2) is 5.96 Å². The smallest absolute Gasteiger partial charge is 0.191 e. The fourth-order valence-corrected chi connectivity index (χ4v) is 3.27. The fraction of sp³-hybridized carbons (Fsp3) is 0.304. The van der Waals surface area contributed by atoms with Gasteiger partial charge in [0.25, 0.3) is 0 Å². The van der Waals surface area contributed by atoms with Crippen LogP contribution in [0.25, 0.3) is 5.69 Å². The van der Waals surface area contributed by atoms with Crippen LogP contribution in [0.4, 0.5) is 5.69 Å². The predicted octanol–water partition coefficient (Wildman–Crippen LogP) is 4.04. The van der Waals surface area contributed by atoms with Crippen molar-refractivity contribution in [1.29, 1.82) is 0 Å². The largest absolute Gasteiger partial charge is 0.378 e. The van der Waals surface area contributed by atoms with Crippen LogP contribution in [0.5, 0.6) is 0 Å². The number of aromatic nitrogens is 2. The van der Waals surface area contributed by atoms with Crippen LogP contribution in [-0.4, -0.2) is 36.9 Å². The minimum atomic E-state index is 0. The van der Waals surface area contributed by atoms with Gasteiger partial charge in [0.05, 0.1) is 11.4 Å². The minimum absolute atomic E-state index is 0. The van der Waals surface area contributed by atoms with E-state index in [0.29, 0.717) is 13.1 Å². The molecule has 0 bridgehead atoms. The first-order valence-electron chi connectivity index (χ1n) is 9.80. The lowest BCUT2D eigenvalue weighted by Gasteiger charge is -2.16. The monoisotopic (exact) mass is 518 g/mol. The molecule has 3 aromatic rings. The van der Waals surface area contributed by atoms with Gasteiger partial charge in [0.1, 0.15) is 0 Å². The summed E-state index contributed by atoms with van der Waals surface area (Å²) in [7, 11) is 5.89. The van der Waals surface area contributed by atoms with Crippen molar-refractivity contribution in [2.24, 2.45) is 4.99 Å². The molecule has 1 heterocycles. The maximum atomic E-state index is 4.63. The molecule has 0 saturated carbocycles. The van der Waals surface area contributed by atoms with Crippen molar-refractivity contribution in [3.05, 3.63) is 77.1 Å². The molecule has 0 saturated heterocycles. The molecule has 0 spiro atoms. The number of anilines is 1. The molecule has 160 valence electrons. The van der Waals surface area contributed by atoms with Crippen molar-refractivity contribution in [1.82, 2.24) is 20.4 Å². The Labute approximate surface area is 196 Å². The van der Waals surface area contributed by atoms with E-state index in [0.717, 1.165) is 28.6 Å². The first-order valence-corrected chi connectivity index (χ1v) is 9.80. The molecule has 0 atom stereocenters. The number of para-hydroxylation sites is 1. The van der Waals surface area contributed by atoms with Crippen molar-refractivity contribution in [3.8, 4) is 5.69 Å². The number of hydrogen-bond donors (Lipinski definition) is 2. The van der Waals surface area contributed by atoms with Crippen molar-refractivity contribution >= 4 is 35.6 Å². The van der Waals surface area contributed by atoms with Crippen LogP contribution in [0.1, 0.15) is 22.5 Å². The lowest BCUT2D eigenvalue weighted by molar-refractivity contribution is 0.781. The average Bonchev–Trinajstić information content (AvgIpc) is 3.06. The second-order valence-electron chi connectivity index (χ2n) is 7.31. The van der Waals surface area contributed by atoms with Crippen LogP contribution in [0, 0.1) is 13.8 Å². The summed E-state index contributed by atoms with van der Waals surface area (Å²) < 4.78 is 2.00. The highest BCUT2D eigenvalue weighted by Gasteiger charge is 2.09. The molecular weight excluding hydrogens is 487 g/mol. The van der Waals surface area contributed by atoms with Gasteiger partial charge in [0, 0.05) is 45.6 Å². The van der Waals surface area contributed by atoms with Gasteiger partial charge in [-0.15, -0.1) is 24.0 Å². The lowest BCUT2D eigenvalue weighted by Crippen LogP contribution is -2.36. The molecule has 0 amide bonds. The molecule has 0 radical (unpaired) electrons. The maximum Gasteiger partial charge on any atom is 0.191 e. The SMILES string of the molecule is CN=C(NCc1cccc(N(C)C)c1)NCc1ccccc1-n1nc(C)cc1C.I. The molecular formula is C23H31IN6. The zero-order chi connectivity index (χ0) is 20.8. The van der Waals surface area contributed by atoms with E-state index in [1.807, 2.05) is 31.8 Å². The molecule has 3 rings (SSSR count). The van der Waals surface area contributed by atoms with Crippen molar-refractivity contribution in [2.45, 2.75) is 26.9 Å². The molecule has 6 nitrogen and oxygen atoms in total. The molecule has 30 heavy (non-hydrogen) atoms. The second kappa shape index (κ2) is 11.0. The number of halogens is 1. The molecule has 0 aliphatic rings. The van der Waals surface area contributed by atoms with E-state index in [9.17, 15) is 0 Å². The Hall–Kier alpha value is -2.55. The van der Waals surface area contributed by atoms with E-state index >= 15 is 0 Å². The molecule has 0 unspecified atom stereocenters. The predicted molar refractivity (Wildman–Crippen MR) is 136 cm³/mol. The standard InChI is InChI=1S/C23H30N6.HI/c1-17-13-18(2)29(27-17)22-12-7-6-10-20(22)16-26-23(24-3)25-15-19-9-8-11-21(14-19)28(4)5;/h6-14H,15-16H2,1-5H3,(H2,24,25,26);1H. The van der Waals surface area contributed by atoms with E-state index in [-0.39, 0.29) is 24.0 Å². The molecule has 2 N–H and O–H groups in total. The van der Waals surface area contributed by atoms with Crippen molar-refractivity contribution in [3.63, 3.8) is 0 Å². The van der Waals surface area contributed by atoms with E-state index in [4.69, 9.17) is 0 Å². The minimum Gasteiger partial charge on any atom is -0.378 e. The number of benzene rings is 2. The summed E-state index contributed by atoms with van der Waals surface area (Å²) in [6, 6.07) is 18.9. The first kappa shape index (κ1) is 23.7. The number of aryl methyl sites for hydroxylation is 2. The van der Waals surface area contributed by atoms with Crippen LogP contribution < -0.4 is 15.5 Å². The van der Waals surface area contributed by atoms with Gasteiger partial charge in [-0.2, -0.15) is 5.10 Å². The van der Waals surface area contributed by atoms with Crippen LogP contribution in [0.3, 0.4) is 0 Å². The average molecular weight is 518 g/mol. The highest BCUT2D eigenvalue weighted by atomic mass is 127. The maximum absolute atomic E-state index is 4.63. The molecule has 2 aromatic carbocycles. The normalized spacial score (nSPS) is 11.0. The van der Waals surface area contributed by atoms with Crippen LogP contribution in [0.15, 0.2) is 59.6 Å². The van der Waals surface area contributed by atoms with E-state index in [2.05, 4.69) is 81.1 Å². The molecule has 0 aliphatic carbocycles. The topological polar surface area (TPSA) is 57.5 Å². The summed E-state index contributed by atoms with van der Waals surface area (Å²) in [5.74, 6) is 0.767. The Balaban J connectivity index is 0.00000320. The third-order valence-corrected chi connectivity index (χ3v) is 4.79. The highest BCUT2D eigenvalue weighted by Crippen LogP contribution is 2.17. The Morgan fingerprint density at radius 1 is 1.00 bits per heavy atom. The highest BCUT2D eigenvalue weighted by molar-refractivity contribution is 14.0. The molecule has 1 aromatic heterocycles. The Bertz CT molecular complexity index is 993. The summed E-state index contributed by atoms with van der Waals surface area (Å²) in [6.45, 7) is 5.46. The summed E-state index contributed by atoms with van der Waals surface area (Å²) in [5.41, 5.74) is 6.78. The van der Waals surface area contributed by atoms with Gasteiger partial charge < -0.3 is 15.5 Å². The number of aliphatic imine (C=N–C) groups is 1. The van der Waals surface area contributed by atoms with Gasteiger partial charge >= 0.3 is 0 Å². The molecule has 7 heteroatoms. The number of hydrogen-bond acceptors (Lipinski definition) is 3. The van der Waals surface area contributed by atoms with Crippen molar-refractivity contribution < 1.29 is 0 Å². The van der Waals surface area contributed by atoms with Crippen LogP contribution >= 0.6 is 24.0 Å². The van der Waals surface area contributed by atoms with E-state index < -0.39 is 0 Å². The molecule has 0 aliphatic heterocycles. The Morgan fingerprint density at radius 2 is 1.73 bits per heavy atom. The molecule has 0 fully saturated rings. The van der Waals surface area contributed by atoms with Gasteiger partial charge in [-0.25, -0.2) is 4.68 Å². The van der Waals surface area contributed by atoms with Gasteiger partial charge in [-0.3, -0.25) is 4.99 Å². The quantitative estimate of drug-likeness (QED) is 0.294. The number of rotatable bonds is 6. The van der Waals surface area contributed by atoms with Crippen LogP contribution in [-0.2, 0) is 13.1 Å². The van der Waals surface area contributed by atoms with E-state index in [1.165, 1.54) is 11.3 Å². The number of nitrogens with zero attached hydrogens (tertiary/aromatic N) is 4. The van der Waals surface area contributed by atoms with Gasteiger partial charge in [0.2, 0.25) is 0 Å². The number of guanidine groups is 1. The third kappa shape index (κ3) is 5.98. The van der Waals surface area contributed by atoms with Gasteiger partial charge in [-0.05, 0) is 49.2 Å². The Kier molecular flexibility index (Phi) is 8.71. The summed E-state index contributed by atoms with van der Waals surface area (Å²) in [5, 5.41) is 11.4.